The minimum atomic E-state index is -0.883. The molecule has 1 aromatic rings. The first kappa shape index (κ1) is 11.9. The van der Waals surface area contributed by atoms with Crippen LogP contribution in [0, 0.1) is 13.8 Å². The van der Waals surface area contributed by atoms with Gasteiger partial charge in [-0.25, -0.2) is 0 Å². The highest BCUT2D eigenvalue weighted by molar-refractivity contribution is 6.31. The van der Waals surface area contributed by atoms with Crippen molar-refractivity contribution >= 4 is 17.6 Å². The molecule has 1 aromatic carbocycles. The standard InChI is InChI=1S/C11H13ClO3/c1-6-5-9(12)7(2)8(11(6)15)3-4-10(13)14/h5,15H,3-4H2,1-2H3,(H,13,14). The van der Waals surface area contributed by atoms with Gasteiger partial charge in [0, 0.05) is 11.4 Å². The Balaban J connectivity index is 3.09. The number of phenolic OH excluding ortho intramolecular Hbond substituents is 1. The molecule has 0 saturated carbocycles. The molecule has 15 heavy (non-hydrogen) atoms. The van der Waals surface area contributed by atoms with Gasteiger partial charge in [-0.15, -0.1) is 0 Å². The number of hydrogen-bond donors (Lipinski definition) is 2. The summed E-state index contributed by atoms with van der Waals surface area (Å²) in [6, 6.07) is 1.68. The minimum Gasteiger partial charge on any atom is -0.507 e. The van der Waals surface area contributed by atoms with E-state index in [-0.39, 0.29) is 12.2 Å². The predicted octanol–water partition coefficient (Wildman–Crippen LogP) is 2.68. The molecular formula is C11H13ClO3. The first-order chi connectivity index (χ1) is 6.93. The van der Waals surface area contributed by atoms with Crippen molar-refractivity contribution < 1.29 is 15.0 Å². The van der Waals surface area contributed by atoms with Crippen LogP contribution in [0.15, 0.2) is 6.07 Å². The maximum Gasteiger partial charge on any atom is 0.303 e. The smallest absolute Gasteiger partial charge is 0.303 e. The van der Waals surface area contributed by atoms with E-state index in [2.05, 4.69) is 0 Å². The average Bonchev–Trinajstić information content (AvgIpc) is 2.14. The fraction of sp³-hybridized carbons (Fsp3) is 0.364. The van der Waals surface area contributed by atoms with E-state index >= 15 is 0 Å². The van der Waals surface area contributed by atoms with Gasteiger partial charge in [-0.05, 0) is 43.0 Å². The zero-order valence-corrected chi connectivity index (χ0v) is 9.43. The number of hydrogen-bond acceptors (Lipinski definition) is 2. The fourth-order valence-corrected chi connectivity index (χ4v) is 1.74. The third kappa shape index (κ3) is 2.63. The lowest BCUT2D eigenvalue weighted by Gasteiger charge is -2.11. The lowest BCUT2D eigenvalue weighted by atomic mass is 9.99. The molecule has 0 heterocycles. The summed E-state index contributed by atoms with van der Waals surface area (Å²) >= 11 is 5.95. The number of carboxylic acids is 1. The summed E-state index contributed by atoms with van der Waals surface area (Å²) in [4.78, 5) is 10.5. The number of halogens is 1. The molecule has 4 heteroatoms. The van der Waals surface area contributed by atoms with E-state index in [9.17, 15) is 9.90 Å². The van der Waals surface area contributed by atoms with Crippen LogP contribution in [0.5, 0.6) is 5.75 Å². The van der Waals surface area contributed by atoms with Crippen LogP contribution in [0.3, 0.4) is 0 Å². The van der Waals surface area contributed by atoms with Crippen LogP contribution >= 0.6 is 11.6 Å². The average molecular weight is 229 g/mol. The molecule has 0 amide bonds. The second kappa shape index (κ2) is 4.53. The molecule has 1 rings (SSSR count). The maximum absolute atomic E-state index is 10.5. The van der Waals surface area contributed by atoms with Gasteiger partial charge < -0.3 is 10.2 Å². The summed E-state index contributed by atoms with van der Waals surface area (Å²) in [5.41, 5.74) is 2.05. The first-order valence-corrected chi connectivity index (χ1v) is 5.00. The summed E-state index contributed by atoms with van der Waals surface area (Å²) in [6.45, 7) is 3.52. The largest absolute Gasteiger partial charge is 0.507 e. The summed E-state index contributed by atoms with van der Waals surface area (Å²) in [5.74, 6) is -0.732. The SMILES string of the molecule is Cc1cc(Cl)c(C)c(CCC(=O)O)c1O. The Morgan fingerprint density at radius 2 is 2.07 bits per heavy atom. The second-order valence-corrected chi connectivity index (χ2v) is 3.93. The van der Waals surface area contributed by atoms with Crippen molar-refractivity contribution in [1.29, 1.82) is 0 Å². The topological polar surface area (TPSA) is 57.5 Å². The van der Waals surface area contributed by atoms with Crippen molar-refractivity contribution in [3.8, 4) is 5.75 Å². The molecule has 0 fully saturated rings. The van der Waals surface area contributed by atoms with E-state index in [1.807, 2.05) is 0 Å². The lowest BCUT2D eigenvalue weighted by Crippen LogP contribution is -2.00. The number of benzene rings is 1. The maximum atomic E-state index is 10.5. The van der Waals surface area contributed by atoms with Gasteiger partial charge in [-0.2, -0.15) is 0 Å². The van der Waals surface area contributed by atoms with Crippen LogP contribution in [0.2, 0.25) is 5.02 Å². The van der Waals surface area contributed by atoms with E-state index in [4.69, 9.17) is 16.7 Å². The minimum absolute atomic E-state index is 0.00577. The number of phenols is 1. The molecule has 0 atom stereocenters. The van der Waals surface area contributed by atoms with Gasteiger partial charge in [0.05, 0.1) is 0 Å². The number of aromatic hydroxyl groups is 1. The summed E-state index contributed by atoms with van der Waals surface area (Å²) in [7, 11) is 0. The van der Waals surface area contributed by atoms with Crippen molar-refractivity contribution in [2.45, 2.75) is 26.7 Å². The summed E-state index contributed by atoms with van der Waals surface area (Å²) in [6.07, 6.45) is 0.294. The molecule has 0 aliphatic heterocycles. The number of aryl methyl sites for hydroxylation is 1. The predicted molar refractivity (Wildman–Crippen MR) is 58.5 cm³/mol. The number of aliphatic carboxylic acids is 1. The lowest BCUT2D eigenvalue weighted by molar-refractivity contribution is -0.136. The molecule has 0 radical (unpaired) electrons. The van der Waals surface area contributed by atoms with Crippen LogP contribution in [0.4, 0.5) is 0 Å². The Morgan fingerprint density at radius 3 is 2.60 bits per heavy atom. The summed E-state index contributed by atoms with van der Waals surface area (Å²) in [5, 5.41) is 18.9. The van der Waals surface area contributed by atoms with Crippen molar-refractivity contribution in [1.82, 2.24) is 0 Å². The number of carboxylic acid groups (broad SMARTS) is 1. The molecule has 0 aromatic heterocycles. The van der Waals surface area contributed by atoms with Crippen LogP contribution in [0.25, 0.3) is 0 Å². The quantitative estimate of drug-likeness (QED) is 0.836. The molecule has 3 nitrogen and oxygen atoms in total. The highest BCUT2D eigenvalue weighted by Gasteiger charge is 2.12. The molecular weight excluding hydrogens is 216 g/mol. The van der Waals surface area contributed by atoms with E-state index in [0.717, 1.165) is 5.56 Å². The second-order valence-electron chi connectivity index (χ2n) is 3.52. The van der Waals surface area contributed by atoms with Crippen LogP contribution in [0.1, 0.15) is 23.1 Å². The summed E-state index contributed by atoms with van der Waals surface area (Å²) < 4.78 is 0. The van der Waals surface area contributed by atoms with Gasteiger partial charge in [0.1, 0.15) is 5.75 Å². The van der Waals surface area contributed by atoms with Crippen molar-refractivity contribution in [3.63, 3.8) is 0 Å². The third-order valence-electron chi connectivity index (χ3n) is 2.40. The molecule has 0 aliphatic carbocycles. The molecule has 2 N–H and O–H groups in total. The molecule has 82 valence electrons. The van der Waals surface area contributed by atoms with Gasteiger partial charge in [0.25, 0.3) is 0 Å². The van der Waals surface area contributed by atoms with E-state index in [1.165, 1.54) is 0 Å². The number of rotatable bonds is 3. The molecule has 0 bridgehead atoms. The molecule has 0 spiro atoms. The van der Waals surface area contributed by atoms with Gasteiger partial charge in [-0.3, -0.25) is 4.79 Å². The van der Waals surface area contributed by atoms with E-state index < -0.39 is 5.97 Å². The van der Waals surface area contributed by atoms with Gasteiger partial charge in [-0.1, -0.05) is 11.6 Å². The number of carbonyl (C=O) groups is 1. The Kier molecular flexibility index (Phi) is 3.58. The molecule has 0 unspecified atom stereocenters. The van der Waals surface area contributed by atoms with E-state index in [0.29, 0.717) is 22.6 Å². The zero-order valence-electron chi connectivity index (χ0n) is 8.67. The highest BCUT2D eigenvalue weighted by Crippen LogP contribution is 2.31. The Bertz CT molecular complexity index is 373. The van der Waals surface area contributed by atoms with Crippen molar-refractivity contribution in [2.75, 3.05) is 0 Å². The molecule has 0 saturated heterocycles. The first-order valence-electron chi connectivity index (χ1n) is 4.62. The Morgan fingerprint density at radius 1 is 1.47 bits per heavy atom. The monoisotopic (exact) mass is 228 g/mol. The van der Waals surface area contributed by atoms with Gasteiger partial charge >= 0.3 is 5.97 Å². The molecule has 0 aliphatic rings. The fourth-order valence-electron chi connectivity index (χ4n) is 1.46. The van der Waals surface area contributed by atoms with Gasteiger partial charge in [0.2, 0.25) is 0 Å². The normalized spacial score (nSPS) is 10.3. The van der Waals surface area contributed by atoms with Crippen molar-refractivity contribution in [3.05, 3.63) is 27.8 Å². The Hall–Kier alpha value is -1.22. The van der Waals surface area contributed by atoms with Crippen molar-refractivity contribution in [2.24, 2.45) is 0 Å². The van der Waals surface area contributed by atoms with E-state index in [1.54, 1.807) is 19.9 Å². The van der Waals surface area contributed by atoms with Crippen LogP contribution in [-0.4, -0.2) is 16.2 Å². The van der Waals surface area contributed by atoms with Crippen LogP contribution < -0.4 is 0 Å². The highest BCUT2D eigenvalue weighted by atomic mass is 35.5. The van der Waals surface area contributed by atoms with Gasteiger partial charge in [0.15, 0.2) is 0 Å². The van der Waals surface area contributed by atoms with Crippen LogP contribution in [-0.2, 0) is 11.2 Å². The third-order valence-corrected chi connectivity index (χ3v) is 2.79. The zero-order chi connectivity index (χ0) is 11.6. The Labute approximate surface area is 93.3 Å².